The molecule has 0 bridgehead atoms. The van der Waals surface area contributed by atoms with E-state index in [4.69, 9.17) is 10.5 Å². The Morgan fingerprint density at radius 2 is 1.81 bits per heavy atom. The van der Waals surface area contributed by atoms with Crippen LogP contribution in [0, 0.1) is 11.6 Å². The van der Waals surface area contributed by atoms with Gasteiger partial charge in [0.05, 0.1) is 13.2 Å². The van der Waals surface area contributed by atoms with E-state index in [9.17, 15) is 13.9 Å². The first-order valence-electron chi connectivity index (χ1n) is 6.54. The van der Waals surface area contributed by atoms with Gasteiger partial charge < -0.3 is 15.6 Å². The molecule has 0 saturated carbocycles. The summed E-state index contributed by atoms with van der Waals surface area (Å²) in [6.07, 6.45) is -1.15. The number of hydrogen-bond donors (Lipinski definition) is 2. The molecule has 0 aliphatic heterocycles. The predicted octanol–water partition coefficient (Wildman–Crippen LogP) is 2.75. The minimum Gasteiger partial charge on any atom is -0.497 e. The topological polar surface area (TPSA) is 55.5 Å². The number of ether oxygens (including phenoxy) is 1. The van der Waals surface area contributed by atoms with E-state index in [0.29, 0.717) is 5.75 Å². The second-order valence-electron chi connectivity index (χ2n) is 4.73. The molecule has 0 amide bonds. The molecule has 112 valence electrons. The van der Waals surface area contributed by atoms with E-state index in [2.05, 4.69) is 0 Å². The lowest BCUT2D eigenvalue weighted by atomic mass is 9.89. The third-order valence-corrected chi connectivity index (χ3v) is 3.46. The van der Waals surface area contributed by atoms with Crippen LogP contribution >= 0.6 is 0 Å². The Kier molecular flexibility index (Phi) is 4.88. The van der Waals surface area contributed by atoms with Crippen molar-refractivity contribution in [2.24, 2.45) is 5.73 Å². The van der Waals surface area contributed by atoms with Crippen LogP contribution in [0.15, 0.2) is 42.5 Å². The van der Waals surface area contributed by atoms with Crippen LogP contribution < -0.4 is 10.5 Å². The molecular formula is C16H17F2NO2. The number of aliphatic hydroxyl groups excluding tert-OH is 1. The summed E-state index contributed by atoms with van der Waals surface area (Å²) in [5, 5.41) is 10.4. The van der Waals surface area contributed by atoms with Gasteiger partial charge in [-0.05, 0) is 23.8 Å². The smallest absolute Gasteiger partial charge is 0.131 e. The van der Waals surface area contributed by atoms with Crippen LogP contribution in [-0.2, 0) is 0 Å². The lowest BCUT2D eigenvalue weighted by Gasteiger charge is -2.23. The lowest BCUT2D eigenvalue weighted by molar-refractivity contribution is 0.143. The number of benzene rings is 2. The molecule has 2 aromatic rings. The van der Waals surface area contributed by atoms with E-state index < -0.39 is 23.7 Å². The summed E-state index contributed by atoms with van der Waals surface area (Å²) in [6.45, 7) is 0.129. The molecule has 3 N–H and O–H groups in total. The summed E-state index contributed by atoms with van der Waals surface area (Å²) in [5.74, 6) is -1.28. The SMILES string of the molecule is COc1ccc(C(CN)C(O)c2ccc(F)cc2F)cc1. The van der Waals surface area contributed by atoms with E-state index in [1.165, 1.54) is 6.07 Å². The highest BCUT2D eigenvalue weighted by Crippen LogP contribution is 2.32. The largest absolute Gasteiger partial charge is 0.497 e. The maximum atomic E-state index is 13.8. The molecule has 0 fully saturated rings. The number of hydrogen-bond acceptors (Lipinski definition) is 3. The minimum absolute atomic E-state index is 0.0302. The van der Waals surface area contributed by atoms with Gasteiger partial charge in [-0.25, -0.2) is 8.78 Å². The van der Waals surface area contributed by atoms with Gasteiger partial charge in [-0.2, -0.15) is 0 Å². The first-order chi connectivity index (χ1) is 10.1. The average Bonchev–Trinajstić information content (AvgIpc) is 2.48. The van der Waals surface area contributed by atoms with Gasteiger partial charge in [0.25, 0.3) is 0 Å². The van der Waals surface area contributed by atoms with Gasteiger partial charge in [0.15, 0.2) is 0 Å². The van der Waals surface area contributed by atoms with Crippen molar-refractivity contribution in [2.75, 3.05) is 13.7 Å². The molecule has 5 heteroatoms. The van der Waals surface area contributed by atoms with Gasteiger partial charge in [-0.3, -0.25) is 0 Å². The monoisotopic (exact) mass is 293 g/mol. The van der Waals surface area contributed by atoms with E-state index >= 15 is 0 Å². The van der Waals surface area contributed by atoms with Gasteiger partial charge in [-0.1, -0.05) is 18.2 Å². The summed E-state index contributed by atoms with van der Waals surface area (Å²) in [4.78, 5) is 0. The summed E-state index contributed by atoms with van der Waals surface area (Å²) < 4.78 is 31.8. The normalized spacial score (nSPS) is 13.8. The van der Waals surface area contributed by atoms with Crippen LogP contribution in [0.5, 0.6) is 5.75 Å². The standard InChI is InChI=1S/C16H17F2NO2/c1-21-12-5-2-10(3-6-12)14(9-19)16(20)13-7-4-11(17)8-15(13)18/h2-8,14,16,20H,9,19H2,1H3. The Balaban J connectivity index is 2.30. The van der Waals surface area contributed by atoms with Crippen molar-refractivity contribution in [2.45, 2.75) is 12.0 Å². The Morgan fingerprint density at radius 1 is 1.14 bits per heavy atom. The van der Waals surface area contributed by atoms with Gasteiger partial charge >= 0.3 is 0 Å². The van der Waals surface area contributed by atoms with Crippen molar-refractivity contribution in [3.05, 3.63) is 65.2 Å². The highest BCUT2D eigenvalue weighted by atomic mass is 19.1. The number of nitrogens with two attached hydrogens (primary N) is 1. The number of rotatable bonds is 5. The molecule has 2 atom stereocenters. The van der Waals surface area contributed by atoms with E-state index in [-0.39, 0.29) is 12.1 Å². The molecule has 0 radical (unpaired) electrons. The van der Waals surface area contributed by atoms with E-state index in [1.54, 1.807) is 31.4 Å². The molecule has 2 rings (SSSR count). The summed E-state index contributed by atoms with van der Waals surface area (Å²) in [7, 11) is 1.55. The third kappa shape index (κ3) is 3.37. The van der Waals surface area contributed by atoms with Gasteiger partial charge in [0.1, 0.15) is 17.4 Å². The van der Waals surface area contributed by atoms with Crippen LogP contribution in [0.4, 0.5) is 8.78 Å². The maximum absolute atomic E-state index is 13.8. The molecule has 0 aromatic heterocycles. The zero-order chi connectivity index (χ0) is 15.4. The molecule has 0 saturated heterocycles. The quantitative estimate of drug-likeness (QED) is 0.891. The Bertz CT molecular complexity index is 602. The first kappa shape index (κ1) is 15.4. The Morgan fingerprint density at radius 3 is 2.33 bits per heavy atom. The molecular weight excluding hydrogens is 276 g/mol. The lowest BCUT2D eigenvalue weighted by Crippen LogP contribution is -2.21. The van der Waals surface area contributed by atoms with Gasteiger partial charge in [0.2, 0.25) is 0 Å². The highest BCUT2D eigenvalue weighted by molar-refractivity contribution is 5.32. The zero-order valence-corrected chi connectivity index (χ0v) is 11.6. The zero-order valence-electron chi connectivity index (χ0n) is 11.6. The van der Waals surface area contributed by atoms with E-state index in [1.807, 2.05) is 0 Å². The van der Waals surface area contributed by atoms with Crippen LogP contribution in [0.3, 0.4) is 0 Å². The van der Waals surface area contributed by atoms with Gasteiger partial charge in [-0.15, -0.1) is 0 Å². The van der Waals surface area contributed by atoms with Crippen molar-refractivity contribution in [3.63, 3.8) is 0 Å². The van der Waals surface area contributed by atoms with E-state index in [0.717, 1.165) is 17.7 Å². The molecule has 2 unspecified atom stereocenters. The van der Waals surface area contributed by atoms with Crippen LogP contribution in [0.2, 0.25) is 0 Å². The fourth-order valence-corrected chi connectivity index (χ4v) is 2.26. The van der Waals surface area contributed by atoms with Gasteiger partial charge in [0, 0.05) is 24.1 Å². The molecule has 0 heterocycles. The third-order valence-electron chi connectivity index (χ3n) is 3.46. The van der Waals surface area contributed by atoms with Crippen LogP contribution in [0.1, 0.15) is 23.1 Å². The molecule has 2 aromatic carbocycles. The first-order valence-corrected chi connectivity index (χ1v) is 6.54. The summed E-state index contributed by atoms with van der Waals surface area (Å²) in [6, 6.07) is 10.1. The molecule has 3 nitrogen and oxygen atoms in total. The summed E-state index contributed by atoms with van der Waals surface area (Å²) >= 11 is 0. The maximum Gasteiger partial charge on any atom is 0.131 e. The average molecular weight is 293 g/mol. The molecule has 21 heavy (non-hydrogen) atoms. The minimum atomic E-state index is -1.15. The molecule has 0 spiro atoms. The van der Waals surface area contributed by atoms with Crippen molar-refractivity contribution in [1.29, 1.82) is 0 Å². The predicted molar refractivity (Wildman–Crippen MR) is 76.1 cm³/mol. The van der Waals surface area contributed by atoms with Crippen molar-refractivity contribution < 1.29 is 18.6 Å². The summed E-state index contributed by atoms with van der Waals surface area (Å²) in [5.41, 5.74) is 6.49. The van der Waals surface area contributed by atoms with Crippen molar-refractivity contribution >= 4 is 0 Å². The number of halogens is 2. The second kappa shape index (κ2) is 6.65. The Hall–Kier alpha value is -1.98. The number of aliphatic hydroxyl groups is 1. The van der Waals surface area contributed by atoms with Crippen LogP contribution in [0.25, 0.3) is 0 Å². The molecule has 0 aliphatic rings. The van der Waals surface area contributed by atoms with Crippen molar-refractivity contribution in [3.8, 4) is 5.75 Å². The van der Waals surface area contributed by atoms with Crippen LogP contribution in [-0.4, -0.2) is 18.8 Å². The molecule has 0 aliphatic carbocycles. The number of methoxy groups -OCH3 is 1. The Labute approximate surface area is 122 Å². The van der Waals surface area contributed by atoms with Crippen molar-refractivity contribution in [1.82, 2.24) is 0 Å². The second-order valence-corrected chi connectivity index (χ2v) is 4.73. The fourth-order valence-electron chi connectivity index (χ4n) is 2.26. The fraction of sp³-hybridized carbons (Fsp3) is 0.250. The highest BCUT2D eigenvalue weighted by Gasteiger charge is 2.24.